The number of hydrazine groups is 1. The molecule has 0 heterocycles. The molecule has 0 saturated heterocycles. The van der Waals surface area contributed by atoms with E-state index in [0.29, 0.717) is 0 Å². The summed E-state index contributed by atoms with van der Waals surface area (Å²) < 4.78 is 3.17. The zero-order valence-corrected chi connectivity index (χ0v) is 17.5. The second-order valence-electron chi connectivity index (χ2n) is 4.91. The average Bonchev–Trinajstić information content (AvgIpc) is 2.56. The van der Waals surface area contributed by atoms with E-state index in [1.165, 1.54) is 0 Å². The Morgan fingerprint density at radius 2 is 0.875 bits per heavy atom. The Labute approximate surface area is 167 Å². The highest BCUT2D eigenvalue weighted by molar-refractivity contribution is 9.11. The molecule has 3 aromatic carbocycles. The van der Waals surface area contributed by atoms with E-state index in [2.05, 4.69) is 82.5 Å². The summed E-state index contributed by atoms with van der Waals surface area (Å²) in [4.78, 5) is 0. The van der Waals surface area contributed by atoms with Crippen LogP contribution < -0.4 is 16.6 Å². The van der Waals surface area contributed by atoms with Crippen molar-refractivity contribution >= 4 is 64.9 Å². The average molecular weight is 514 g/mol. The number of hydrogen-bond donors (Lipinski definition) is 2. The Morgan fingerprint density at radius 3 is 1.25 bits per heavy atom. The molecular weight excluding hydrogens is 498 g/mol. The first-order chi connectivity index (χ1) is 11.1. The monoisotopic (exact) mass is 511 g/mol. The third-order valence-corrected chi connectivity index (χ3v) is 4.84. The summed E-state index contributed by atoms with van der Waals surface area (Å²) in [5.41, 5.74) is 6.58. The molecule has 0 aliphatic rings. The van der Waals surface area contributed by atoms with Crippen LogP contribution in [-0.4, -0.2) is 0 Å². The number of rotatable bonds is 4. The van der Waals surface area contributed by atoms with Crippen LogP contribution in [0.1, 0.15) is 0 Å². The minimum absolute atomic E-state index is 0. The zero-order chi connectivity index (χ0) is 16.2. The van der Waals surface area contributed by atoms with Crippen LogP contribution in [-0.2, 0) is 0 Å². The van der Waals surface area contributed by atoms with Crippen molar-refractivity contribution in [1.82, 2.24) is 6.15 Å². The summed E-state index contributed by atoms with van der Waals surface area (Å²) in [5.74, 6) is 0. The van der Waals surface area contributed by atoms with Gasteiger partial charge in [-0.1, -0.05) is 47.8 Å². The molecule has 0 fully saturated rings. The molecule has 0 atom stereocenters. The van der Waals surface area contributed by atoms with Crippen molar-refractivity contribution < 1.29 is 0 Å². The fourth-order valence-electron chi connectivity index (χ4n) is 2.11. The van der Waals surface area contributed by atoms with E-state index < -0.39 is 0 Å². The minimum atomic E-state index is 0. The van der Waals surface area contributed by atoms with Gasteiger partial charge in [0.05, 0.1) is 17.1 Å². The van der Waals surface area contributed by atoms with Crippen LogP contribution in [0.15, 0.2) is 86.2 Å². The van der Waals surface area contributed by atoms with Gasteiger partial charge in [-0.2, -0.15) is 0 Å². The predicted molar refractivity (Wildman–Crippen MR) is 113 cm³/mol. The molecule has 6 heteroatoms. The maximum absolute atomic E-state index is 3.48. The number of nitrogens with zero attached hydrogens (tertiary/aromatic N) is 1. The molecule has 0 spiro atoms. The Bertz CT molecular complexity index is 727. The lowest BCUT2D eigenvalue weighted by Crippen LogP contribution is -2.24. The van der Waals surface area contributed by atoms with Gasteiger partial charge >= 0.3 is 0 Å². The van der Waals surface area contributed by atoms with Gasteiger partial charge in [0.1, 0.15) is 0 Å². The van der Waals surface area contributed by atoms with Crippen LogP contribution in [0.25, 0.3) is 0 Å². The lowest BCUT2D eigenvalue weighted by Gasteiger charge is -2.27. The zero-order valence-electron chi connectivity index (χ0n) is 12.7. The van der Waals surface area contributed by atoms with Crippen LogP contribution in [0.5, 0.6) is 0 Å². The Morgan fingerprint density at radius 1 is 0.542 bits per heavy atom. The number of halogens is 3. The second kappa shape index (κ2) is 8.67. The fraction of sp³-hybridized carbons (Fsp3) is 0. The third kappa shape index (κ3) is 4.83. The maximum atomic E-state index is 3.48. The number of benzene rings is 3. The van der Waals surface area contributed by atoms with Crippen molar-refractivity contribution in [2.75, 3.05) is 10.4 Å². The molecule has 0 aliphatic carbocycles. The molecule has 0 bridgehead atoms. The van der Waals surface area contributed by atoms with E-state index in [1.54, 1.807) is 0 Å². The van der Waals surface area contributed by atoms with Gasteiger partial charge in [-0.15, -0.1) is 0 Å². The van der Waals surface area contributed by atoms with Crippen LogP contribution in [0.2, 0.25) is 0 Å². The molecule has 0 radical (unpaired) electrons. The highest BCUT2D eigenvalue weighted by Crippen LogP contribution is 2.29. The number of anilines is 3. The van der Waals surface area contributed by atoms with E-state index in [9.17, 15) is 0 Å². The molecule has 3 nitrogen and oxygen atoms in total. The summed E-state index contributed by atoms with van der Waals surface area (Å²) in [5, 5.41) is 2.06. The molecule has 3 rings (SSSR count). The highest BCUT2D eigenvalue weighted by atomic mass is 79.9. The first-order valence-corrected chi connectivity index (χ1v) is 9.33. The van der Waals surface area contributed by atoms with Crippen LogP contribution >= 0.6 is 47.8 Å². The Balaban J connectivity index is 0.00000208. The van der Waals surface area contributed by atoms with Crippen molar-refractivity contribution in [2.45, 2.75) is 0 Å². The van der Waals surface area contributed by atoms with Crippen molar-refractivity contribution in [3.63, 3.8) is 0 Å². The summed E-state index contributed by atoms with van der Waals surface area (Å²) in [6.07, 6.45) is 0. The van der Waals surface area contributed by atoms with Gasteiger partial charge in [0, 0.05) is 13.4 Å². The molecule has 124 valence electrons. The van der Waals surface area contributed by atoms with Gasteiger partial charge in [0.15, 0.2) is 0 Å². The van der Waals surface area contributed by atoms with Crippen molar-refractivity contribution in [2.24, 2.45) is 0 Å². The second-order valence-corrected chi connectivity index (χ2v) is 7.65. The van der Waals surface area contributed by atoms with Gasteiger partial charge in [-0.25, -0.2) is 0 Å². The smallest absolute Gasteiger partial charge is 0.0631 e. The molecule has 0 unspecified atom stereocenters. The SMILES string of the molecule is Brc1ccc(NN(c2ccc(Br)cc2)c2ccc(Br)cc2)cc1.N. The third-order valence-electron chi connectivity index (χ3n) is 3.25. The van der Waals surface area contributed by atoms with Crippen molar-refractivity contribution in [3.8, 4) is 0 Å². The topological polar surface area (TPSA) is 50.3 Å². The summed E-state index contributed by atoms with van der Waals surface area (Å²) in [7, 11) is 0. The highest BCUT2D eigenvalue weighted by Gasteiger charge is 2.09. The van der Waals surface area contributed by atoms with E-state index in [0.717, 1.165) is 30.5 Å². The summed E-state index contributed by atoms with van der Waals surface area (Å²) in [6, 6.07) is 24.5. The molecular formula is C18H16Br3N3. The lowest BCUT2D eigenvalue weighted by atomic mass is 10.2. The minimum Gasteiger partial charge on any atom is -0.344 e. The Hall–Kier alpha value is -1.34. The molecule has 4 N–H and O–H groups in total. The molecule has 0 saturated carbocycles. The number of hydrogen-bond acceptors (Lipinski definition) is 3. The molecule has 0 amide bonds. The van der Waals surface area contributed by atoms with Crippen molar-refractivity contribution in [1.29, 1.82) is 0 Å². The largest absolute Gasteiger partial charge is 0.344 e. The molecule has 24 heavy (non-hydrogen) atoms. The van der Waals surface area contributed by atoms with Gasteiger partial charge in [0.25, 0.3) is 0 Å². The maximum Gasteiger partial charge on any atom is 0.0631 e. The van der Waals surface area contributed by atoms with Gasteiger partial charge in [0.2, 0.25) is 0 Å². The van der Waals surface area contributed by atoms with E-state index >= 15 is 0 Å². The summed E-state index contributed by atoms with van der Waals surface area (Å²) in [6.45, 7) is 0. The first kappa shape index (κ1) is 19.0. The molecule has 0 aromatic heterocycles. The van der Waals surface area contributed by atoms with Crippen LogP contribution in [0.4, 0.5) is 17.1 Å². The molecule has 3 aromatic rings. The van der Waals surface area contributed by atoms with E-state index in [1.807, 2.05) is 48.5 Å². The van der Waals surface area contributed by atoms with E-state index in [4.69, 9.17) is 0 Å². The van der Waals surface area contributed by atoms with E-state index in [-0.39, 0.29) is 6.15 Å². The predicted octanol–water partition coefficient (Wildman–Crippen LogP) is 7.30. The van der Waals surface area contributed by atoms with Crippen LogP contribution in [0, 0.1) is 0 Å². The van der Waals surface area contributed by atoms with Crippen molar-refractivity contribution in [3.05, 3.63) is 86.2 Å². The summed E-state index contributed by atoms with van der Waals surface area (Å²) >= 11 is 10.4. The van der Waals surface area contributed by atoms with Gasteiger partial charge < -0.3 is 6.15 Å². The molecule has 0 aliphatic heterocycles. The van der Waals surface area contributed by atoms with Gasteiger partial charge in [-0.05, 0) is 72.8 Å². The lowest BCUT2D eigenvalue weighted by molar-refractivity contribution is 1.16. The quantitative estimate of drug-likeness (QED) is 0.360. The van der Waals surface area contributed by atoms with Crippen LogP contribution in [0.3, 0.4) is 0 Å². The number of nitrogens with one attached hydrogen (secondary N) is 1. The Kier molecular flexibility index (Phi) is 6.86. The van der Waals surface area contributed by atoms with Gasteiger partial charge in [-0.3, -0.25) is 10.4 Å². The fourth-order valence-corrected chi connectivity index (χ4v) is 2.91. The normalized spacial score (nSPS) is 9.96. The first-order valence-electron chi connectivity index (χ1n) is 6.95. The standard InChI is InChI=1S/C18H13Br3N2.H3N/c19-13-1-7-16(8-2-13)22-23(17-9-3-14(20)4-10-17)18-11-5-15(21)6-12-18;/h1-12,22H;1H3.